The molecule has 0 spiro atoms. The van der Waals surface area contributed by atoms with Crippen LogP contribution in [0.2, 0.25) is 0 Å². The zero-order chi connectivity index (χ0) is 15.4. The number of piperazine rings is 1. The summed E-state index contributed by atoms with van der Waals surface area (Å²) in [4.78, 5) is 30.6. The summed E-state index contributed by atoms with van der Waals surface area (Å²) in [7, 11) is 0. The van der Waals surface area contributed by atoms with Crippen molar-refractivity contribution in [2.75, 3.05) is 45.0 Å². The van der Waals surface area contributed by atoms with Crippen LogP contribution in [-0.2, 0) is 0 Å². The summed E-state index contributed by atoms with van der Waals surface area (Å²) in [6, 6.07) is 1.81. The van der Waals surface area contributed by atoms with Crippen LogP contribution in [0.4, 0.5) is 10.5 Å². The molecule has 6 nitrogen and oxygen atoms in total. The van der Waals surface area contributed by atoms with Crippen LogP contribution in [0.3, 0.4) is 0 Å². The van der Waals surface area contributed by atoms with Crippen molar-refractivity contribution in [1.82, 2.24) is 14.7 Å². The van der Waals surface area contributed by atoms with Crippen LogP contribution in [0.25, 0.3) is 0 Å². The van der Waals surface area contributed by atoms with Gasteiger partial charge in [0.05, 0.1) is 5.69 Å². The molecule has 7 heteroatoms. The quantitative estimate of drug-likeness (QED) is 0.921. The first-order valence-electron chi connectivity index (χ1n) is 7.24. The van der Waals surface area contributed by atoms with E-state index in [-0.39, 0.29) is 11.9 Å². The Morgan fingerprint density at radius 1 is 1.19 bits per heavy atom. The van der Waals surface area contributed by atoms with Crippen LogP contribution in [-0.4, -0.2) is 65.9 Å². The summed E-state index contributed by atoms with van der Waals surface area (Å²) < 4.78 is 0. The summed E-state index contributed by atoms with van der Waals surface area (Å²) in [5.74, 6) is -0.0301. The van der Waals surface area contributed by atoms with Crippen molar-refractivity contribution >= 4 is 29.0 Å². The van der Waals surface area contributed by atoms with Gasteiger partial charge in [-0.25, -0.2) is 4.79 Å². The van der Waals surface area contributed by atoms with Gasteiger partial charge < -0.3 is 20.4 Å². The van der Waals surface area contributed by atoms with Gasteiger partial charge in [0.15, 0.2) is 0 Å². The number of hydrogen-bond acceptors (Lipinski definition) is 4. The number of hydrogen-bond donors (Lipinski definition) is 1. The van der Waals surface area contributed by atoms with Gasteiger partial charge in [-0.3, -0.25) is 4.79 Å². The van der Waals surface area contributed by atoms with E-state index >= 15 is 0 Å². The maximum atomic E-state index is 12.3. The lowest BCUT2D eigenvalue weighted by Gasteiger charge is -2.37. The molecule has 0 aromatic carbocycles. The van der Waals surface area contributed by atoms with Crippen molar-refractivity contribution in [2.45, 2.75) is 13.8 Å². The fraction of sp³-hybridized carbons (Fsp3) is 0.571. The molecule has 1 aliphatic heterocycles. The second-order valence-electron chi connectivity index (χ2n) is 4.94. The molecule has 0 bridgehead atoms. The fourth-order valence-electron chi connectivity index (χ4n) is 2.43. The van der Waals surface area contributed by atoms with Crippen molar-refractivity contribution in [3.8, 4) is 0 Å². The number of thiophene rings is 1. The standard InChI is InChI=1S/C14H22N4O2S/c1-3-16(4-2)14(20)18-8-6-17(7-9-18)13(19)12-11(15)5-10-21-12/h5,10H,3-4,6-9,15H2,1-2H3. The Bertz CT molecular complexity index is 505. The van der Waals surface area contributed by atoms with Gasteiger partial charge in [-0.05, 0) is 25.3 Å². The number of nitrogens with two attached hydrogens (primary N) is 1. The molecule has 0 aliphatic carbocycles. The van der Waals surface area contributed by atoms with Gasteiger partial charge in [0, 0.05) is 39.3 Å². The summed E-state index contributed by atoms with van der Waals surface area (Å²) in [6.45, 7) is 7.63. The normalized spacial score (nSPS) is 15.1. The van der Waals surface area contributed by atoms with Crippen LogP contribution in [0.15, 0.2) is 11.4 Å². The average Bonchev–Trinajstić information content (AvgIpc) is 2.94. The molecule has 1 aromatic heterocycles. The maximum absolute atomic E-state index is 12.3. The van der Waals surface area contributed by atoms with Gasteiger partial charge in [0.25, 0.3) is 5.91 Å². The van der Waals surface area contributed by atoms with E-state index in [1.54, 1.807) is 15.9 Å². The first-order chi connectivity index (χ1) is 10.1. The van der Waals surface area contributed by atoms with Gasteiger partial charge >= 0.3 is 6.03 Å². The minimum absolute atomic E-state index is 0.0301. The summed E-state index contributed by atoms with van der Waals surface area (Å²) >= 11 is 1.37. The second-order valence-corrected chi connectivity index (χ2v) is 5.86. The van der Waals surface area contributed by atoms with Crippen LogP contribution in [0, 0.1) is 0 Å². The maximum Gasteiger partial charge on any atom is 0.320 e. The van der Waals surface area contributed by atoms with Gasteiger partial charge in [-0.15, -0.1) is 11.3 Å². The molecule has 2 rings (SSSR count). The molecule has 3 amide bonds. The number of carbonyl (C=O) groups excluding carboxylic acids is 2. The SMILES string of the molecule is CCN(CC)C(=O)N1CCN(C(=O)c2sccc2N)CC1. The van der Waals surface area contributed by atoms with Gasteiger partial charge in [-0.1, -0.05) is 0 Å². The van der Waals surface area contributed by atoms with Crippen molar-refractivity contribution in [1.29, 1.82) is 0 Å². The lowest BCUT2D eigenvalue weighted by Crippen LogP contribution is -2.54. The zero-order valence-electron chi connectivity index (χ0n) is 12.5. The minimum Gasteiger partial charge on any atom is -0.397 e. The Morgan fingerprint density at radius 3 is 2.24 bits per heavy atom. The minimum atomic E-state index is -0.0301. The number of anilines is 1. The number of nitrogen functional groups attached to an aromatic ring is 1. The molecule has 0 saturated carbocycles. The predicted molar refractivity (Wildman–Crippen MR) is 84.5 cm³/mol. The molecule has 21 heavy (non-hydrogen) atoms. The molecule has 116 valence electrons. The number of carbonyl (C=O) groups is 2. The fourth-order valence-corrected chi connectivity index (χ4v) is 3.22. The molecule has 0 atom stereocenters. The highest BCUT2D eigenvalue weighted by molar-refractivity contribution is 7.12. The first kappa shape index (κ1) is 15.6. The smallest absolute Gasteiger partial charge is 0.320 e. The molecule has 2 N–H and O–H groups in total. The van der Waals surface area contributed by atoms with Crippen LogP contribution in [0.1, 0.15) is 23.5 Å². The number of amides is 3. The third-order valence-corrected chi connectivity index (χ3v) is 4.68. The second kappa shape index (κ2) is 6.80. The van der Waals surface area contributed by atoms with Crippen molar-refractivity contribution in [2.24, 2.45) is 0 Å². The Labute approximate surface area is 129 Å². The van der Waals surface area contributed by atoms with E-state index in [0.29, 0.717) is 49.8 Å². The highest BCUT2D eigenvalue weighted by Crippen LogP contribution is 2.21. The summed E-state index contributed by atoms with van der Waals surface area (Å²) in [5.41, 5.74) is 6.33. The largest absolute Gasteiger partial charge is 0.397 e. The Balaban J connectivity index is 1.93. The van der Waals surface area contributed by atoms with Crippen LogP contribution < -0.4 is 5.73 Å². The number of nitrogens with zero attached hydrogens (tertiary/aromatic N) is 3. The van der Waals surface area contributed by atoms with Crippen LogP contribution >= 0.6 is 11.3 Å². The third kappa shape index (κ3) is 3.29. The van der Waals surface area contributed by atoms with E-state index in [4.69, 9.17) is 5.73 Å². The number of urea groups is 1. The zero-order valence-corrected chi connectivity index (χ0v) is 13.4. The predicted octanol–water partition coefficient (Wildman–Crippen LogP) is 1.55. The molecular weight excluding hydrogens is 288 g/mol. The monoisotopic (exact) mass is 310 g/mol. The summed E-state index contributed by atoms with van der Waals surface area (Å²) in [6.07, 6.45) is 0. The van der Waals surface area contributed by atoms with Crippen molar-refractivity contribution < 1.29 is 9.59 Å². The lowest BCUT2D eigenvalue weighted by atomic mass is 10.3. The van der Waals surface area contributed by atoms with E-state index < -0.39 is 0 Å². The molecule has 2 heterocycles. The third-order valence-electron chi connectivity index (χ3n) is 3.76. The Kier molecular flexibility index (Phi) is 5.06. The molecule has 0 unspecified atom stereocenters. The molecular formula is C14H22N4O2S. The molecule has 1 saturated heterocycles. The lowest BCUT2D eigenvalue weighted by molar-refractivity contribution is 0.0647. The highest BCUT2D eigenvalue weighted by Gasteiger charge is 2.27. The molecule has 1 aromatic rings. The Morgan fingerprint density at radius 2 is 1.76 bits per heavy atom. The molecule has 1 fully saturated rings. The van der Waals surface area contributed by atoms with E-state index in [1.165, 1.54) is 11.3 Å². The van der Waals surface area contributed by atoms with E-state index in [2.05, 4.69) is 0 Å². The highest BCUT2D eigenvalue weighted by atomic mass is 32.1. The van der Waals surface area contributed by atoms with Crippen molar-refractivity contribution in [3.63, 3.8) is 0 Å². The number of rotatable bonds is 3. The van der Waals surface area contributed by atoms with Gasteiger partial charge in [-0.2, -0.15) is 0 Å². The van der Waals surface area contributed by atoms with E-state index in [9.17, 15) is 9.59 Å². The van der Waals surface area contributed by atoms with Crippen LogP contribution in [0.5, 0.6) is 0 Å². The van der Waals surface area contributed by atoms with Crippen molar-refractivity contribution in [3.05, 3.63) is 16.3 Å². The average molecular weight is 310 g/mol. The summed E-state index contributed by atoms with van der Waals surface area (Å²) in [5, 5.41) is 1.82. The van der Waals surface area contributed by atoms with Gasteiger partial charge in [0.1, 0.15) is 4.88 Å². The van der Waals surface area contributed by atoms with E-state index in [0.717, 1.165) is 0 Å². The molecule has 0 radical (unpaired) electrons. The Hall–Kier alpha value is -1.76. The topological polar surface area (TPSA) is 69.9 Å². The van der Waals surface area contributed by atoms with Gasteiger partial charge in [0.2, 0.25) is 0 Å². The van der Waals surface area contributed by atoms with E-state index in [1.807, 2.05) is 24.1 Å². The molecule has 1 aliphatic rings. The first-order valence-corrected chi connectivity index (χ1v) is 8.12.